The maximum absolute atomic E-state index is 14.8. The number of hydrogen-bond donors (Lipinski definition) is 8. The Labute approximate surface area is 466 Å². The number of nitrogens with one attached hydrogen (secondary N) is 7. The van der Waals surface area contributed by atoms with Gasteiger partial charge in [-0.3, -0.25) is 33.6 Å². The fourth-order valence-electron chi connectivity index (χ4n) is 8.53. The van der Waals surface area contributed by atoms with Crippen molar-refractivity contribution in [3.8, 4) is 0 Å². The number of hydrogen-bond acceptors (Lipinski definition) is 11. The van der Waals surface area contributed by atoms with Gasteiger partial charge in [0.05, 0.1) is 18.8 Å². The van der Waals surface area contributed by atoms with Gasteiger partial charge in [0.2, 0.25) is 41.4 Å². The van der Waals surface area contributed by atoms with Gasteiger partial charge in [-0.25, -0.2) is 4.79 Å². The minimum atomic E-state index is -1.39. The number of carbonyl (C=O) groups excluding carboxylic acids is 8. The third-order valence-corrected chi connectivity index (χ3v) is 13.3. The van der Waals surface area contributed by atoms with Crippen LogP contribution < -0.4 is 43.0 Å². The molecule has 0 aromatic heterocycles. The second-order valence-corrected chi connectivity index (χ2v) is 21.4. The largest absolute Gasteiger partial charge is 0.459 e. The van der Waals surface area contributed by atoms with Gasteiger partial charge in [-0.2, -0.15) is 0 Å². The van der Waals surface area contributed by atoms with Crippen molar-refractivity contribution in [2.24, 2.45) is 29.4 Å². The van der Waals surface area contributed by atoms with E-state index in [-0.39, 0.29) is 50.2 Å². The summed E-state index contributed by atoms with van der Waals surface area (Å²) in [5.74, 6) is -6.18. The van der Waals surface area contributed by atoms with Crippen LogP contribution in [0.2, 0.25) is 0 Å². The molecule has 0 aliphatic heterocycles. The van der Waals surface area contributed by atoms with Crippen molar-refractivity contribution in [2.45, 2.75) is 163 Å². The number of esters is 1. The van der Waals surface area contributed by atoms with E-state index in [2.05, 4.69) is 37.2 Å². The van der Waals surface area contributed by atoms with E-state index in [4.69, 9.17) is 15.2 Å². The van der Waals surface area contributed by atoms with Gasteiger partial charge in [-0.1, -0.05) is 183 Å². The van der Waals surface area contributed by atoms with Crippen LogP contribution in [0.1, 0.15) is 110 Å². The quantitative estimate of drug-likeness (QED) is 0.0176. The SMILES string of the molecule is CC[C@H](C)[C@H](N)C(=O)N[C@@H](CC(C)C)NC(=O)CC(=O)N[C@@H](Cc1ccccc1)C(=O)N[C@H](C(=O)N[C@@H](Cc1ccccc1)C(=O)N[C@H](C(=O)N[C@@H](CC(C)C)C(=O)OCc1ccccc1)[C@@H](C)OCc1ccccc1)C(C)C. The minimum Gasteiger partial charge on any atom is -0.459 e. The summed E-state index contributed by atoms with van der Waals surface area (Å²) in [4.78, 5) is 112. The van der Waals surface area contributed by atoms with Crippen molar-refractivity contribution in [1.82, 2.24) is 37.2 Å². The van der Waals surface area contributed by atoms with Crippen LogP contribution in [0.15, 0.2) is 121 Å². The van der Waals surface area contributed by atoms with E-state index in [0.717, 1.165) is 11.1 Å². The van der Waals surface area contributed by atoms with E-state index in [1.54, 1.807) is 81.4 Å². The highest BCUT2D eigenvalue weighted by Gasteiger charge is 2.37. The van der Waals surface area contributed by atoms with Crippen LogP contribution in [0.4, 0.5) is 0 Å². The van der Waals surface area contributed by atoms with Crippen LogP contribution in [-0.2, 0) is 73.9 Å². The first-order valence-corrected chi connectivity index (χ1v) is 27.4. The first-order chi connectivity index (χ1) is 37.6. The summed E-state index contributed by atoms with van der Waals surface area (Å²) in [5, 5.41) is 19.5. The third kappa shape index (κ3) is 22.8. The molecule has 4 aromatic rings. The first kappa shape index (κ1) is 64.1. The zero-order valence-corrected chi connectivity index (χ0v) is 47.3. The van der Waals surface area contributed by atoms with Crippen LogP contribution in [0.3, 0.4) is 0 Å². The average Bonchev–Trinajstić information content (AvgIpc) is 3.42. The molecule has 4 rings (SSSR count). The normalized spacial score (nSPS) is 14.7. The van der Waals surface area contributed by atoms with Gasteiger partial charge >= 0.3 is 5.97 Å². The van der Waals surface area contributed by atoms with E-state index in [1.165, 1.54) is 0 Å². The molecule has 0 aliphatic rings. The molecule has 0 bridgehead atoms. The molecule has 9 N–H and O–H groups in total. The molecule has 4 aromatic carbocycles. The fourth-order valence-corrected chi connectivity index (χ4v) is 8.53. The highest BCUT2D eigenvalue weighted by molar-refractivity contribution is 6.00. The summed E-state index contributed by atoms with van der Waals surface area (Å²) >= 11 is 0. The second kappa shape index (κ2) is 33.1. The lowest BCUT2D eigenvalue weighted by Gasteiger charge is -2.30. The monoisotopic (exact) mass is 1090 g/mol. The lowest BCUT2D eigenvalue weighted by Crippen LogP contribution is -2.62. The molecule has 0 radical (unpaired) electrons. The van der Waals surface area contributed by atoms with Gasteiger partial charge in [0.15, 0.2) is 0 Å². The maximum Gasteiger partial charge on any atom is 0.328 e. The van der Waals surface area contributed by atoms with Crippen molar-refractivity contribution < 1.29 is 47.8 Å². The molecule has 18 heteroatoms. The third-order valence-electron chi connectivity index (χ3n) is 13.3. The Balaban J connectivity index is 1.58. The Kier molecular flexibility index (Phi) is 26.9. The van der Waals surface area contributed by atoms with Gasteiger partial charge in [0, 0.05) is 12.8 Å². The van der Waals surface area contributed by atoms with Crippen LogP contribution in [-0.4, -0.2) is 95.8 Å². The molecule has 0 saturated carbocycles. The number of ether oxygens (including phenoxy) is 2. The Hall–Kier alpha value is -7.44. The minimum absolute atomic E-state index is 0.0121. The predicted octanol–water partition coefficient (Wildman–Crippen LogP) is 5.31. The summed E-state index contributed by atoms with van der Waals surface area (Å²) in [6.07, 6.45) is -1.24. The summed E-state index contributed by atoms with van der Waals surface area (Å²) < 4.78 is 11.9. The molecule has 0 fully saturated rings. The summed E-state index contributed by atoms with van der Waals surface area (Å²) in [6.45, 7) is 16.5. The Morgan fingerprint density at radius 1 is 0.456 bits per heavy atom. The van der Waals surface area contributed by atoms with Gasteiger partial charge in [0.1, 0.15) is 49.4 Å². The fraction of sp³-hybridized carbons (Fsp3) is 0.475. The average molecular weight is 1090 g/mol. The predicted molar refractivity (Wildman–Crippen MR) is 303 cm³/mol. The second-order valence-electron chi connectivity index (χ2n) is 21.4. The molecular formula is C61H84N8O10. The van der Waals surface area contributed by atoms with E-state index < -0.39 is 108 Å². The van der Waals surface area contributed by atoms with Crippen molar-refractivity contribution in [2.75, 3.05) is 0 Å². The molecule has 428 valence electrons. The van der Waals surface area contributed by atoms with E-state index in [9.17, 15) is 38.4 Å². The molecule has 0 unspecified atom stereocenters. The standard InChI is InChI=1S/C61H84N8O10/c1-10-41(8)53(62)58(74)67-50(32-39(4)5)66-52(71)35-51(70)63-47(33-43-23-15-11-16-24-43)56(72)68-54(40(6)7)59(75)64-48(34-44-25-17-12-18-26-44)57(73)69-55(42(9)78-36-45-27-19-13-20-28-45)60(76)65-49(31-38(2)3)61(77)79-37-46-29-21-14-22-30-46/h11-30,38-42,47-50,53-55H,10,31-37,62H2,1-9H3,(H,63,70)(H,64,75)(H,65,76)(H,66,71)(H,67,74)(H,68,72)(H,69,73)/t41-,42+,47-,48-,49-,50-,53-,54-,55-/m0/s1. The first-order valence-electron chi connectivity index (χ1n) is 27.4. The molecule has 9 atom stereocenters. The van der Waals surface area contributed by atoms with E-state index in [1.807, 2.05) is 102 Å². The van der Waals surface area contributed by atoms with Crippen molar-refractivity contribution in [3.63, 3.8) is 0 Å². The zero-order valence-electron chi connectivity index (χ0n) is 47.3. The van der Waals surface area contributed by atoms with Gasteiger partial charge in [-0.05, 0) is 65.7 Å². The number of carbonyl (C=O) groups is 8. The Bertz CT molecular complexity index is 2550. The molecule has 0 saturated heterocycles. The number of amides is 7. The van der Waals surface area contributed by atoms with Crippen LogP contribution in [0, 0.1) is 23.7 Å². The van der Waals surface area contributed by atoms with Gasteiger partial charge in [0.25, 0.3) is 0 Å². The molecule has 0 aliphatic carbocycles. The molecule has 7 amide bonds. The van der Waals surface area contributed by atoms with Crippen molar-refractivity contribution >= 4 is 47.3 Å². The van der Waals surface area contributed by atoms with Gasteiger partial charge in [-0.15, -0.1) is 0 Å². The highest BCUT2D eigenvalue weighted by atomic mass is 16.5. The number of benzene rings is 4. The van der Waals surface area contributed by atoms with Crippen LogP contribution in [0.5, 0.6) is 0 Å². The molecule has 79 heavy (non-hydrogen) atoms. The molecule has 18 nitrogen and oxygen atoms in total. The lowest BCUT2D eigenvalue weighted by atomic mass is 9.99. The zero-order chi connectivity index (χ0) is 58.0. The maximum atomic E-state index is 14.8. The summed E-state index contributed by atoms with van der Waals surface area (Å²) in [5.41, 5.74) is 9.08. The van der Waals surface area contributed by atoms with Crippen molar-refractivity contribution in [3.05, 3.63) is 144 Å². The van der Waals surface area contributed by atoms with Crippen LogP contribution in [0.25, 0.3) is 0 Å². The van der Waals surface area contributed by atoms with E-state index >= 15 is 0 Å². The molecule has 0 spiro atoms. The highest BCUT2D eigenvalue weighted by Crippen LogP contribution is 2.15. The summed E-state index contributed by atoms with van der Waals surface area (Å²) in [7, 11) is 0. The number of nitrogens with two attached hydrogens (primary N) is 1. The molecule has 0 heterocycles. The number of rotatable bonds is 32. The lowest BCUT2D eigenvalue weighted by molar-refractivity contribution is -0.150. The smallest absolute Gasteiger partial charge is 0.328 e. The van der Waals surface area contributed by atoms with Crippen molar-refractivity contribution in [1.29, 1.82) is 0 Å². The topological polar surface area (TPSA) is 265 Å². The molecular weight excluding hydrogens is 1000 g/mol. The summed E-state index contributed by atoms with van der Waals surface area (Å²) in [6, 6.07) is 29.1. The van der Waals surface area contributed by atoms with E-state index in [0.29, 0.717) is 24.0 Å². The Morgan fingerprint density at radius 3 is 1.37 bits per heavy atom. The van der Waals surface area contributed by atoms with Crippen LogP contribution >= 0.6 is 0 Å². The Morgan fingerprint density at radius 2 is 0.886 bits per heavy atom. The van der Waals surface area contributed by atoms with Gasteiger partial charge < -0.3 is 52.4 Å².